The van der Waals surface area contributed by atoms with Gasteiger partial charge in [0, 0.05) is 14.9 Å². The molecule has 0 aliphatic carbocycles. The standard InChI is InChI=1S/C13H15Cl2NS/c1-13(2,9-16)4-3-5-17-12-7-10(14)6-11(15)8-12/h6-8H,3-5H2,1-2H3. The third kappa shape index (κ3) is 5.68. The zero-order chi connectivity index (χ0) is 12.9. The zero-order valence-corrected chi connectivity index (χ0v) is 12.3. The van der Waals surface area contributed by atoms with E-state index in [0.717, 1.165) is 23.5 Å². The maximum absolute atomic E-state index is 8.89. The van der Waals surface area contributed by atoms with E-state index < -0.39 is 0 Å². The van der Waals surface area contributed by atoms with Crippen LogP contribution < -0.4 is 0 Å². The summed E-state index contributed by atoms with van der Waals surface area (Å²) < 4.78 is 0. The Morgan fingerprint density at radius 2 is 1.82 bits per heavy atom. The maximum atomic E-state index is 8.89. The monoisotopic (exact) mass is 287 g/mol. The third-order valence-electron chi connectivity index (χ3n) is 2.35. The molecule has 0 unspecified atom stereocenters. The Morgan fingerprint density at radius 1 is 1.24 bits per heavy atom. The van der Waals surface area contributed by atoms with Crippen LogP contribution >= 0.6 is 35.0 Å². The van der Waals surface area contributed by atoms with Gasteiger partial charge in [-0.2, -0.15) is 5.26 Å². The Balaban J connectivity index is 2.39. The van der Waals surface area contributed by atoms with Crippen molar-refractivity contribution < 1.29 is 0 Å². The van der Waals surface area contributed by atoms with Crippen LogP contribution in [0.25, 0.3) is 0 Å². The van der Waals surface area contributed by atoms with Crippen LogP contribution in [-0.4, -0.2) is 5.75 Å². The molecule has 0 aliphatic rings. The summed E-state index contributed by atoms with van der Waals surface area (Å²) in [6, 6.07) is 7.86. The molecule has 0 amide bonds. The fourth-order valence-corrected chi connectivity index (χ4v) is 2.97. The minimum atomic E-state index is -0.230. The van der Waals surface area contributed by atoms with Gasteiger partial charge in [-0.25, -0.2) is 0 Å². The van der Waals surface area contributed by atoms with Crippen molar-refractivity contribution >= 4 is 35.0 Å². The summed E-state index contributed by atoms with van der Waals surface area (Å²) in [5.74, 6) is 0.974. The molecule has 0 saturated carbocycles. The number of halogens is 2. The maximum Gasteiger partial charge on any atom is 0.0683 e. The van der Waals surface area contributed by atoms with Gasteiger partial charge in [0.05, 0.1) is 11.5 Å². The first-order chi connectivity index (χ1) is 7.93. The van der Waals surface area contributed by atoms with Gasteiger partial charge < -0.3 is 0 Å². The van der Waals surface area contributed by atoms with Crippen LogP contribution in [0.1, 0.15) is 26.7 Å². The number of benzene rings is 1. The van der Waals surface area contributed by atoms with Crippen LogP contribution in [0.5, 0.6) is 0 Å². The molecule has 1 rings (SSSR count). The Morgan fingerprint density at radius 3 is 2.35 bits per heavy atom. The lowest BCUT2D eigenvalue weighted by molar-refractivity contribution is 0.448. The van der Waals surface area contributed by atoms with E-state index in [2.05, 4.69) is 6.07 Å². The summed E-state index contributed by atoms with van der Waals surface area (Å²) in [5, 5.41) is 10.2. The number of rotatable bonds is 5. The summed E-state index contributed by atoms with van der Waals surface area (Å²) in [4.78, 5) is 1.08. The summed E-state index contributed by atoms with van der Waals surface area (Å²) in [6.07, 6.45) is 1.92. The molecule has 0 aliphatic heterocycles. The molecule has 0 aromatic heterocycles. The molecular weight excluding hydrogens is 273 g/mol. The SMILES string of the molecule is CC(C)(C#N)CCCSc1cc(Cl)cc(Cl)c1. The number of nitrogens with zero attached hydrogens (tertiary/aromatic N) is 1. The second-order valence-corrected chi connectivity index (χ2v) is 6.59. The Bertz CT molecular complexity index is 404. The molecule has 92 valence electrons. The molecule has 0 saturated heterocycles. The van der Waals surface area contributed by atoms with Crippen molar-refractivity contribution in [1.29, 1.82) is 5.26 Å². The van der Waals surface area contributed by atoms with Gasteiger partial charge in [-0.05, 0) is 50.6 Å². The van der Waals surface area contributed by atoms with E-state index in [0.29, 0.717) is 10.0 Å². The van der Waals surface area contributed by atoms with Crippen molar-refractivity contribution in [2.45, 2.75) is 31.6 Å². The molecule has 1 nitrogen and oxygen atoms in total. The summed E-state index contributed by atoms with van der Waals surface area (Å²) in [7, 11) is 0. The highest BCUT2D eigenvalue weighted by molar-refractivity contribution is 7.99. The van der Waals surface area contributed by atoms with Gasteiger partial charge in [-0.15, -0.1) is 11.8 Å². The van der Waals surface area contributed by atoms with Crippen LogP contribution in [-0.2, 0) is 0 Å². The zero-order valence-electron chi connectivity index (χ0n) is 9.96. The number of hydrogen-bond acceptors (Lipinski definition) is 2. The van der Waals surface area contributed by atoms with Crippen molar-refractivity contribution in [3.63, 3.8) is 0 Å². The average Bonchev–Trinajstić information content (AvgIpc) is 2.23. The molecule has 1 aromatic carbocycles. The van der Waals surface area contributed by atoms with Crippen molar-refractivity contribution in [2.24, 2.45) is 5.41 Å². The molecule has 1 aromatic rings. The molecule has 0 radical (unpaired) electrons. The van der Waals surface area contributed by atoms with Gasteiger partial charge >= 0.3 is 0 Å². The molecule has 4 heteroatoms. The van der Waals surface area contributed by atoms with E-state index in [9.17, 15) is 0 Å². The minimum absolute atomic E-state index is 0.230. The highest BCUT2D eigenvalue weighted by Crippen LogP contribution is 2.28. The van der Waals surface area contributed by atoms with E-state index in [1.54, 1.807) is 17.8 Å². The van der Waals surface area contributed by atoms with E-state index in [-0.39, 0.29) is 5.41 Å². The smallest absolute Gasteiger partial charge is 0.0683 e. The highest BCUT2D eigenvalue weighted by Gasteiger charge is 2.15. The topological polar surface area (TPSA) is 23.8 Å². The van der Waals surface area contributed by atoms with Crippen molar-refractivity contribution in [3.05, 3.63) is 28.2 Å². The average molecular weight is 288 g/mol. The number of hydrogen-bond donors (Lipinski definition) is 0. The molecule has 0 N–H and O–H groups in total. The van der Waals surface area contributed by atoms with Gasteiger partial charge in [0.2, 0.25) is 0 Å². The summed E-state index contributed by atoms with van der Waals surface area (Å²) in [6.45, 7) is 3.93. The van der Waals surface area contributed by atoms with E-state index >= 15 is 0 Å². The minimum Gasteiger partial charge on any atom is -0.198 e. The quantitative estimate of drug-likeness (QED) is 0.534. The van der Waals surface area contributed by atoms with Crippen LogP contribution in [0.2, 0.25) is 10.0 Å². The predicted molar refractivity (Wildman–Crippen MR) is 75.8 cm³/mol. The summed E-state index contributed by atoms with van der Waals surface area (Å²) >= 11 is 13.6. The molecule has 0 spiro atoms. The van der Waals surface area contributed by atoms with Crippen molar-refractivity contribution in [1.82, 2.24) is 0 Å². The van der Waals surface area contributed by atoms with E-state index in [4.69, 9.17) is 28.5 Å². The third-order valence-corrected chi connectivity index (χ3v) is 3.85. The molecule has 0 bridgehead atoms. The van der Waals surface area contributed by atoms with Crippen molar-refractivity contribution in [2.75, 3.05) is 5.75 Å². The second-order valence-electron chi connectivity index (χ2n) is 4.55. The Kier molecular flexibility index (Phi) is 5.66. The Labute approximate surface area is 117 Å². The summed E-state index contributed by atoms with van der Waals surface area (Å²) in [5.41, 5.74) is -0.230. The molecule has 0 fully saturated rings. The van der Waals surface area contributed by atoms with Gasteiger partial charge in [0.25, 0.3) is 0 Å². The first kappa shape index (κ1) is 14.7. The molecule has 17 heavy (non-hydrogen) atoms. The highest BCUT2D eigenvalue weighted by atomic mass is 35.5. The van der Waals surface area contributed by atoms with Gasteiger partial charge in [0.15, 0.2) is 0 Å². The van der Waals surface area contributed by atoms with Gasteiger partial charge in [-0.3, -0.25) is 0 Å². The molecular formula is C13H15Cl2NS. The molecule has 0 atom stereocenters. The fourth-order valence-electron chi connectivity index (χ4n) is 1.37. The van der Waals surface area contributed by atoms with Crippen LogP contribution in [0, 0.1) is 16.7 Å². The van der Waals surface area contributed by atoms with Crippen molar-refractivity contribution in [3.8, 4) is 6.07 Å². The van der Waals surface area contributed by atoms with E-state index in [1.807, 2.05) is 26.0 Å². The normalized spacial score (nSPS) is 11.2. The number of nitriles is 1. The van der Waals surface area contributed by atoms with Crippen LogP contribution in [0.3, 0.4) is 0 Å². The largest absolute Gasteiger partial charge is 0.198 e. The first-order valence-electron chi connectivity index (χ1n) is 5.43. The lowest BCUT2D eigenvalue weighted by Gasteiger charge is -2.14. The van der Waals surface area contributed by atoms with Crippen LogP contribution in [0.4, 0.5) is 0 Å². The van der Waals surface area contributed by atoms with Gasteiger partial charge in [-0.1, -0.05) is 23.2 Å². The van der Waals surface area contributed by atoms with Gasteiger partial charge in [0.1, 0.15) is 0 Å². The first-order valence-corrected chi connectivity index (χ1v) is 7.17. The van der Waals surface area contributed by atoms with Crippen LogP contribution in [0.15, 0.2) is 23.1 Å². The Hall–Kier alpha value is -0.360. The lowest BCUT2D eigenvalue weighted by Crippen LogP contribution is -2.07. The predicted octanol–water partition coefficient (Wildman–Crippen LogP) is 5.42. The lowest BCUT2D eigenvalue weighted by atomic mass is 9.90. The molecule has 0 heterocycles. The second kappa shape index (κ2) is 6.54. The number of thioether (sulfide) groups is 1. The fraction of sp³-hybridized carbons (Fsp3) is 0.462. The van der Waals surface area contributed by atoms with E-state index in [1.165, 1.54) is 0 Å².